The summed E-state index contributed by atoms with van der Waals surface area (Å²) in [5.41, 5.74) is 4.08. The number of nitrogens with one attached hydrogen (secondary N) is 1. The molecule has 0 aliphatic heterocycles. The molecule has 3 N–H and O–H groups in total. The zero-order valence-electron chi connectivity index (χ0n) is 9.97. The second kappa shape index (κ2) is 6.72. The van der Waals surface area contributed by atoms with Crippen molar-refractivity contribution in [2.75, 3.05) is 13.3 Å². The molecule has 18 heavy (non-hydrogen) atoms. The maximum absolute atomic E-state index is 11.8. The summed E-state index contributed by atoms with van der Waals surface area (Å²) in [5.74, 6) is -0.651. The van der Waals surface area contributed by atoms with Gasteiger partial charge in [0.1, 0.15) is 6.54 Å². The van der Waals surface area contributed by atoms with Crippen LogP contribution >= 0.6 is 0 Å². The first-order valence-corrected chi connectivity index (χ1v) is 5.35. The zero-order chi connectivity index (χ0) is 13.5. The Labute approximate surface area is 102 Å². The Hall–Kier alpha value is -1.93. The van der Waals surface area contributed by atoms with Crippen LogP contribution in [0.3, 0.4) is 0 Å². The summed E-state index contributed by atoms with van der Waals surface area (Å²) in [6.07, 6.45) is 1.24. The minimum atomic E-state index is -0.676. The number of aromatic nitrogens is 2. The number of nitrogens with two attached hydrogens (primary N) is 1. The van der Waals surface area contributed by atoms with Crippen molar-refractivity contribution >= 4 is 5.97 Å². The van der Waals surface area contributed by atoms with Crippen LogP contribution in [-0.2, 0) is 27.4 Å². The van der Waals surface area contributed by atoms with Gasteiger partial charge in [-0.1, -0.05) is 0 Å². The van der Waals surface area contributed by atoms with Gasteiger partial charge >= 0.3 is 11.7 Å². The van der Waals surface area contributed by atoms with E-state index in [1.54, 1.807) is 6.92 Å². The first-order valence-electron chi connectivity index (χ1n) is 5.35. The molecule has 1 heterocycles. The van der Waals surface area contributed by atoms with Crippen LogP contribution < -0.4 is 17.0 Å². The van der Waals surface area contributed by atoms with Crippen molar-refractivity contribution in [1.29, 1.82) is 0 Å². The molecule has 0 aliphatic rings. The summed E-state index contributed by atoms with van der Waals surface area (Å²) < 4.78 is 10.3. The van der Waals surface area contributed by atoms with Gasteiger partial charge in [0.2, 0.25) is 0 Å². The number of carbonyl (C=O) groups excluding carboxylic acids is 1. The summed E-state index contributed by atoms with van der Waals surface area (Å²) in [5, 5.41) is 0. The molecule has 0 aromatic carbocycles. The van der Waals surface area contributed by atoms with Gasteiger partial charge in [0.05, 0.1) is 25.5 Å². The number of aromatic amines is 1. The van der Waals surface area contributed by atoms with Crippen LogP contribution in [0.15, 0.2) is 15.8 Å². The second-order valence-electron chi connectivity index (χ2n) is 3.33. The number of ether oxygens (including phenoxy) is 2. The molecule has 0 amide bonds. The summed E-state index contributed by atoms with van der Waals surface area (Å²) in [4.78, 5) is 36.9. The third-order valence-electron chi connectivity index (χ3n) is 2.10. The van der Waals surface area contributed by atoms with E-state index in [9.17, 15) is 14.4 Å². The molecule has 0 saturated carbocycles. The average molecular weight is 257 g/mol. The molecular weight excluding hydrogens is 242 g/mol. The van der Waals surface area contributed by atoms with Crippen molar-refractivity contribution < 1.29 is 14.3 Å². The maximum atomic E-state index is 11.8. The first kappa shape index (κ1) is 14.1. The van der Waals surface area contributed by atoms with Crippen molar-refractivity contribution in [3.63, 3.8) is 0 Å². The Morgan fingerprint density at radius 3 is 2.83 bits per heavy atom. The van der Waals surface area contributed by atoms with Crippen molar-refractivity contribution in [1.82, 2.24) is 9.55 Å². The number of esters is 1. The highest BCUT2D eigenvalue weighted by Crippen LogP contribution is 1.90. The van der Waals surface area contributed by atoms with E-state index in [2.05, 4.69) is 9.72 Å². The van der Waals surface area contributed by atoms with E-state index in [0.717, 1.165) is 4.57 Å². The number of hydrogen-bond donors (Lipinski definition) is 2. The average Bonchev–Trinajstić information content (AvgIpc) is 2.34. The number of nitrogens with zero attached hydrogens (tertiary/aromatic N) is 1. The number of hydrogen-bond acceptors (Lipinski definition) is 6. The van der Waals surface area contributed by atoms with Gasteiger partial charge in [-0.3, -0.25) is 9.59 Å². The molecule has 8 nitrogen and oxygen atoms in total. The summed E-state index contributed by atoms with van der Waals surface area (Å²) in [6, 6.07) is 0. The fourth-order valence-electron chi connectivity index (χ4n) is 1.31. The number of H-pyrrole nitrogens is 1. The van der Waals surface area contributed by atoms with Crippen LogP contribution in [0.5, 0.6) is 0 Å². The van der Waals surface area contributed by atoms with Gasteiger partial charge < -0.3 is 20.2 Å². The quantitative estimate of drug-likeness (QED) is 0.475. The lowest BCUT2D eigenvalue weighted by atomic mass is 10.3. The highest BCUT2D eigenvalue weighted by Gasteiger charge is 2.11. The topological polar surface area (TPSA) is 116 Å². The third-order valence-corrected chi connectivity index (χ3v) is 2.10. The van der Waals surface area contributed by atoms with Crippen LogP contribution in [0.1, 0.15) is 12.5 Å². The predicted molar refractivity (Wildman–Crippen MR) is 61.8 cm³/mol. The number of carbonyl (C=O) groups is 1. The fraction of sp³-hybridized carbons (Fsp3) is 0.500. The van der Waals surface area contributed by atoms with Crippen LogP contribution in [0.25, 0.3) is 0 Å². The minimum Gasteiger partial charge on any atom is -0.465 e. The van der Waals surface area contributed by atoms with Gasteiger partial charge in [0, 0.05) is 6.20 Å². The van der Waals surface area contributed by atoms with Gasteiger partial charge in [-0.05, 0) is 6.92 Å². The molecule has 0 fully saturated rings. The normalized spacial score (nSPS) is 10.3. The largest absolute Gasteiger partial charge is 0.465 e. The molecule has 1 aromatic heterocycles. The van der Waals surface area contributed by atoms with E-state index in [0.29, 0.717) is 0 Å². The molecule has 0 radical (unpaired) electrons. The second-order valence-corrected chi connectivity index (χ2v) is 3.33. The molecular formula is C10H15N3O5. The van der Waals surface area contributed by atoms with Gasteiger partial charge in [0.15, 0.2) is 0 Å². The lowest BCUT2D eigenvalue weighted by Gasteiger charge is -2.06. The van der Waals surface area contributed by atoms with Gasteiger partial charge in [-0.2, -0.15) is 0 Å². The first-order chi connectivity index (χ1) is 8.60. The number of rotatable bonds is 6. The van der Waals surface area contributed by atoms with Crippen LogP contribution in [-0.4, -0.2) is 28.9 Å². The monoisotopic (exact) mass is 257 g/mol. The molecule has 0 atom stereocenters. The summed E-state index contributed by atoms with van der Waals surface area (Å²) in [7, 11) is 0. The molecule has 100 valence electrons. The summed E-state index contributed by atoms with van der Waals surface area (Å²) >= 11 is 0. The Kier molecular flexibility index (Phi) is 5.28. The Morgan fingerprint density at radius 1 is 1.50 bits per heavy atom. The molecule has 1 aromatic rings. The molecule has 1 rings (SSSR count). The van der Waals surface area contributed by atoms with Gasteiger partial charge in [-0.25, -0.2) is 9.36 Å². The predicted octanol–water partition coefficient (Wildman–Crippen LogP) is -1.47. The van der Waals surface area contributed by atoms with Crippen molar-refractivity contribution in [2.24, 2.45) is 5.73 Å². The molecule has 0 aliphatic carbocycles. The lowest BCUT2D eigenvalue weighted by molar-refractivity contribution is -0.143. The van der Waals surface area contributed by atoms with E-state index in [1.165, 1.54) is 6.20 Å². The summed E-state index contributed by atoms with van der Waals surface area (Å²) in [6.45, 7) is 1.31. The van der Waals surface area contributed by atoms with Crippen LogP contribution in [0.2, 0.25) is 0 Å². The van der Waals surface area contributed by atoms with Crippen molar-refractivity contribution in [3.05, 3.63) is 32.6 Å². The highest BCUT2D eigenvalue weighted by molar-refractivity contribution is 5.69. The Bertz CT molecular complexity index is 519. The Morgan fingerprint density at radius 2 is 2.22 bits per heavy atom. The van der Waals surface area contributed by atoms with E-state index >= 15 is 0 Å². The third kappa shape index (κ3) is 3.54. The van der Waals surface area contributed by atoms with Crippen LogP contribution in [0, 0.1) is 0 Å². The van der Waals surface area contributed by atoms with E-state index in [4.69, 9.17) is 10.5 Å². The Balaban J connectivity index is 2.99. The van der Waals surface area contributed by atoms with Crippen LogP contribution in [0.4, 0.5) is 0 Å². The molecule has 0 bridgehead atoms. The van der Waals surface area contributed by atoms with E-state index in [-0.39, 0.29) is 25.5 Å². The highest BCUT2D eigenvalue weighted by atomic mass is 16.5. The molecule has 0 unspecified atom stereocenters. The van der Waals surface area contributed by atoms with Gasteiger partial charge in [-0.15, -0.1) is 0 Å². The van der Waals surface area contributed by atoms with E-state index < -0.39 is 23.8 Å². The van der Waals surface area contributed by atoms with Crippen molar-refractivity contribution in [2.45, 2.75) is 20.1 Å². The fourth-order valence-corrected chi connectivity index (χ4v) is 1.31. The standard InChI is InChI=1S/C10H15N3O5/c1-2-18-8(14)4-13-9(15)7(5-17-6-11)3-12-10(13)16/h3H,2,4-6,11H2,1H3,(H,12,16). The zero-order valence-corrected chi connectivity index (χ0v) is 9.97. The minimum absolute atomic E-state index is 0.0328. The maximum Gasteiger partial charge on any atom is 0.328 e. The smallest absolute Gasteiger partial charge is 0.328 e. The van der Waals surface area contributed by atoms with E-state index in [1.807, 2.05) is 0 Å². The molecule has 0 spiro atoms. The molecule has 8 heteroatoms. The molecule has 0 saturated heterocycles. The van der Waals surface area contributed by atoms with Gasteiger partial charge in [0.25, 0.3) is 5.56 Å². The SMILES string of the molecule is CCOC(=O)Cn1c(=O)[nH]cc(COCN)c1=O. The lowest BCUT2D eigenvalue weighted by Crippen LogP contribution is -2.39. The van der Waals surface area contributed by atoms with Crippen molar-refractivity contribution in [3.8, 4) is 0 Å².